The molecule has 4 nitrogen and oxygen atoms in total. The van der Waals surface area contributed by atoms with Crippen LogP contribution >= 0.6 is 11.3 Å². The number of aryl methyl sites for hydroxylation is 2. The Morgan fingerprint density at radius 1 is 1.03 bits per heavy atom. The molecule has 3 aromatic rings. The van der Waals surface area contributed by atoms with Crippen LogP contribution < -0.4 is 4.90 Å². The van der Waals surface area contributed by atoms with Gasteiger partial charge in [-0.15, -0.1) is 0 Å². The fourth-order valence-corrected chi connectivity index (χ4v) is 5.53. The maximum Gasteiger partial charge on any atom is 0.186 e. The third-order valence-electron chi connectivity index (χ3n) is 5.79. The van der Waals surface area contributed by atoms with Crippen molar-refractivity contribution < 1.29 is 4.79 Å². The zero-order valence-corrected chi connectivity index (χ0v) is 18.5. The highest BCUT2D eigenvalue weighted by atomic mass is 32.1. The molecule has 1 aliphatic heterocycles. The first kappa shape index (κ1) is 20.0. The first-order valence-corrected chi connectivity index (χ1v) is 11.2. The molecular formula is C24H29N3OS. The van der Waals surface area contributed by atoms with Crippen LogP contribution in [0.2, 0.25) is 0 Å². The van der Waals surface area contributed by atoms with Crippen molar-refractivity contribution in [3.63, 3.8) is 0 Å². The van der Waals surface area contributed by atoms with Gasteiger partial charge in [0.2, 0.25) is 0 Å². The van der Waals surface area contributed by atoms with Crippen LogP contribution in [0.15, 0.2) is 36.4 Å². The lowest BCUT2D eigenvalue weighted by atomic mass is 10.0. The highest BCUT2D eigenvalue weighted by Crippen LogP contribution is 2.32. The van der Waals surface area contributed by atoms with Crippen molar-refractivity contribution in [2.24, 2.45) is 0 Å². The van der Waals surface area contributed by atoms with E-state index in [1.165, 1.54) is 21.4 Å². The molecule has 0 N–H and O–H groups in total. The number of aldehydes is 1. The van der Waals surface area contributed by atoms with Gasteiger partial charge in [-0.25, -0.2) is 4.98 Å². The molecule has 0 saturated carbocycles. The smallest absolute Gasteiger partial charge is 0.186 e. The number of hydrogen-bond acceptors (Lipinski definition) is 5. The van der Waals surface area contributed by atoms with E-state index in [1.54, 1.807) is 11.3 Å². The maximum atomic E-state index is 10.9. The van der Waals surface area contributed by atoms with Gasteiger partial charge >= 0.3 is 0 Å². The van der Waals surface area contributed by atoms with E-state index in [9.17, 15) is 4.79 Å². The third-order valence-corrected chi connectivity index (χ3v) is 6.86. The highest BCUT2D eigenvalue weighted by molar-refractivity contribution is 7.22. The summed E-state index contributed by atoms with van der Waals surface area (Å²) in [5.41, 5.74) is 6.01. The predicted octanol–water partition coefficient (Wildman–Crippen LogP) is 4.75. The van der Waals surface area contributed by atoms with Gasteiger partial charge in [0.25, 0.3) is 0 Å². The van der Waals surface area contributed by atoms with E-state index >= 15 is 0 Å². The Hall–Kier alpha value is -2.24. The van der Waals surface area contributed by atoms with Crippen LogP contribution in [0.4, 0.5) is 5.13 Å². The van der Waals surface area contributed by atoms with E-state index in [2.05, 4.69) is 73.9 Å². The van der Waals surface area contributed by atoms with Gasteiger partial charge in [0.1, 0.15) is 6.29 Å². The molecule has 4 rings (SSSR count). The largest absolute Gasteiger partial charge is 0.345 e. The van der Waals surface area contributed by atoms with E-state index in [1.807, 2.05) is 0 Å². The normalized spacial score (nSPS) is 20.3. The van der Waals surface area contributed by atoms with E-state index in [0.29, 0.717) is 18.5 Å². The fourth-order valence-electron chi connectivity index (χ4n) is 4.44. The van der Waals surface area contributed by atoms with Gasteiger partial charge in [0, 0.05) is 38.1 Å². The molecule has 1 fully saturated rings. The van der Waals surface area contributed by atoms with Crippen molar-refractivity contribution in [3.8, 4) is 0 Å². The lowest BCUT2D eigenvalue weighted by Gasteiger charge is -2.44. The topological polar surface area (TPSA) is 36.4 Å². The molecule has 0 aliphatic carbocycles. The summed E-state index contributed by atoms with van der Waals surface area (Å²) < 4.78 is 1.27. The number of benzene rings is 2. The van der Waals surface area contributed by atoms with Gasteiger partial charge in [-0.1, -0.05) is 41.2 Å². The minimum absolute atomic E-state index is 0.433. The number of piperazine rings is 1. The predicted molar refractivity (Wildman–Crippen MR) is 122 cm³/mol. The number of fused-ring (bicyclic) bond motifs is 1. The van der Waals surface area contributed by atoms with Gasteiger partial charge in [-0.2, -0.15) is 0 Å². The van der Waals surface area contributed by atoms with Gasteiger partial charge in [0.05, 0.1) is 10.2 Å². The van der Waals surface area contributed by atoms with Gasteiger partial charge in [0.15, 0.2) is 5.13 Å². The molecule has 0 spiro atoms. The van der Waals surface area contributed by atoms with Crippen LogP contribution in [0.1, 0.15) is 36.1 Å². The molecule has 2 unspecified atom stereocenters. The number of carbonyl (C=O) groups is 1. The average Bonchev–Trinajstić information content (AvgIpc) is 3.07. The number of nitrogens with zero attached hydrogens (tertiary/aromatic N) is 3. The second-order valence-electron chi connectivity index (χ2n) is 8.44. The number of rotatable bonds is 5. The fraction of sp³-hybridized carbons (Fsp3) is 0.417. The quantitative estimate of drug-likeness (QED) is 0.572. The van der Waals surface area contributed by atoms with Gasteiger partial charge in [-0.05, 0) is 56.5 Å². The van der Waals surface area contributed by atoms with Crippen molar-refractivity contribution >= 4 is 33.0 Å². The standard InChI is InChI=1S/C24H29N3OS/c1-16-5-6-22-23(11-16)29-24(25-22)26-13-18(3)27(19(4)14-26)15-21-10-17(2)9-20(12-21)7-8-28/h5-6,8-12,18-19H,7,13-15H2,1-4H3. The molecule has 2 heterocycles. The van der Waals surface area contributed by atoms with Crippen LogP contribution in [-0.2, 0) is 17.8 Å². The van der Waals surface area contributed by atoms with E-state index in [-0.39, 0.29) is 0 Å². The number of thiazole rings is 1. The molecule has 29 heavy (non-hydrogen) atoms. The van der Waals surface area contributed by atoms with E-state index in [0.717, 1.165) is 42.1 Å². The lowest BCUT2D eigenvalue weighted by molar-refractivity contribution is -0.107. The van der Waals surface area contributed by atoms with Crippen molar-refractivity contribution in [2.75, 3.05) is 18.0 Å². The number of hydrogen-bond donors (Lipinski definition) is 0. The monoisotopic (exact) mass is 407 g/mol. The second kappa shape index (κ2) is 8.25. The van der Waals surface area contributed by atoms with Crippen LogP contribution in [0.5, 0.6) is 0 Å². The molecule has 1 aliphatic rings. The third kappa shape index (κ3) is 4.36. The summed E-state index contributed by atoms with van der Waals surface area (Å²) in [6.45, 7) is 11.7. The van der Waals surface area contributed by atoms with Crippen LogP contribution in [0.3, 0.4) is 0 Å². The Balaban J connectivity index is 1.50. The minimum atomic E-state index is 0.433. The summed E-state index contributed by atoms with van der Waals surface area (Å²) in [5.74, 6) is 0. The minimum Gasteiger partial charge on any atom is -0.345 e. The van der Waals surface area contributed by atoms with Crippen molar-refractivity contribution in [1.29, 1.82) is 0 Å². The van der Waals surface area contributed by atoms with Crippen LogP contribution in [0, 0.1) is 13.8 Å². The summed E-state index contributed by atoms with van der Waals surface area (Å²) in [6, 6.07) is 13.9. The zero-order valence-electron chi connectivity index (χ0n) is 17.7. The SMILES string of the molecule is Cc1cc(CC=O)cc(CN2C(C)CN(c3nc4ccc(C)cc4s3)CC2C)c1. The van der Waals surface area contributed by atoms with E-state index in [4.69, 9.17) is 4.98 Å². The van der Waals surface area contributed by atoms with E-state index < -0.39 is 0 Å². The molecule has 2 atom stereocenters. The molecule has 1 saturated heterocycles. The summed E-state index contributed by atoms with van der Waals surface area (Å²) >= 11 is 1.80. The molecule has 1 aromatic heterocycles. The number of carbonyl (C=O) groups excluding carboxylic acids is 1. The number of anilines is 1. The van der Waals surface area contributed by atoms with Gasteiger partial charge in [-0.3, -0.25) is 4.90 Å². The summed E-state index contributed by atoms with van der Waals surface area (Å²) in [7, 11) is 0. The molecule has 2 aromatic carbocycles. The Morgan fingerprint density at radius 3 is 2.48 bits per heavy atom. The molecule has 5 heteroatoms. The summed E-state index contributed by atoms with van der Waals surface area (Å²) in [6.07, 6.45) is 1.48. The van der Waals surface area contributed by atoms with Crippen LogP contribution in [-0.4, -0.2) is 41.3 Å². The number of aromatic nitrogens is 1. The average molecular weight is 408 g/mol. The zero-order chi connectivity index (χ0) is 20.5. The van der Waals surface area contributed by atoms with Crippen LogP contribution in [0.25, 0.3) is 10.2 Å². The highest BCUT2D eigenvalue weighted by Gasteiger charge is 2.31. The Labute approximate surface area is 177 Å². The Bertz CT molecular complexity index is 1020. The first-order chi connectivity index (χ1) is 13.9. The molecular weight excluding hydrogens is 378 g/mol. The van der Waals surface area contributed by atoms with Crippen molar-refractivity contribution in [2.45, 2.75) is 52.7 Å². The van der Waals surface area contributed by atoms with Crippen molar-refractivity contribution in [3.05, 3.63) is 58.7 Å². The van der Waals surface area contributed by atoms with Gasteiger partial charge < -0.3 is 9.69 Å². The molecule has 0 radical (unpaired) electrons. The molecule has 152 valence electrons. The molecule has 0 bridgehead atoms. The molecule has 0 amide bonds. The lowest BCUT2D eigenvalue weighted by Crippen LogP contribution is -2.56. The first-order valence-electron chi connectivity index (χ1n) is 10.3. The second-order valence-corrected chi connectivity index (χ2v) is 9.45. The Kier molecular flexibility index (Phi) is 5.70. The van der Waals surface area contributed by atoms with Crippen molar-refractivity contribution in [1.82, 2.24) is 9.88 Å². The summed E-state index contributed by atoms with van der Waals surface area (Å²) in [5, 5.41) is 1.13. The Morgan fingerprint density at radius 2 is 1.76 bits per heavy atom. The maximum absolute atomic E-state index is 10.9. The summed E-state index contributed by atoms with van der Waals surface area (Å²) in [4.78, 5) is 20.8.